The van der Waals surface area contributed by atoms with Crippen LogP contribution in [0, 0.1) is 19.7 Å². The van der Waals surface area contributed by atoms with Crippen molar-refractivity contribution in [3.05, 3.63) is 82.7 Å². The predicted molar refractivity (Wildman–Crippen MR) is 83.3 cm³/mol. The van der Waals surface area contributed by atoms with Gasteiger partial charge in [0.1, 0.15) is 5.82 Å². The first-order valence-electron chi connectivity index (χ1n) is 6.87. The zero-order valence-electron chi connectivity index (χ0n) is 12.0. The lowest BCUT2D eigenvalue weighted by molar-refractivity contribution is 0.103. The number of halogens is 1. The molecule has 0 N–H and O–H groups in total. The molecule has 0 unspecified atom stereocenters. The molecular weight excluding hydrogens is 263 g/mol. The fourth-order valence-corrected chi connectivity index (χ4v) is 2.59. The zero-order chi connectivity index (χ0) is 15.0. The molecule has 3 aromatic carbocycles. The van der Waals surface area contributed by atoms with Crippen molar-refractivity contribution in [3.8, 4) is 0 Å². The van der Waals surface area contributed by atoms with Crippen molar-refractivity contribution >= 4 is 16.6 Å². The van der Waals surface area contributed by atoms with E-state index in [2.05, 4.69) is 0 Å². The Balaban J connectivity index is 2.23. The van der Waals surface area contributed by atoms with Gasteiger partial charge in [-0.2, -0.15) is 0 Å². The van der Waals surface area contributed by atoms with E-state index in [1.165, 1.54) is 6.07 Å². The minimum atomic E-state index is -0.303. The first-order chi connectivity index (χ1) is 10.1. The van der Waals surface area contributed by atoms with Crippen LogP contribution in [0.4, 0.5) is 4.39 Å². The maximum Gasteiger partial charge on any atom is 0.193 e. The van der Waals surface area contributed by atoms with Gasteiger partial charge >= 0.3 is 0 Å². The van der Waals surface area contributed by atoms with E-state index in [-0.39, 0.29) is 11.6 Å². The molecule has 0 aliphatic carbocycles. The van der Waals surface area contributed by atoms with Crippen molar-refractivity contribution in [1.82, 2.24) is 0 Å². The quantitative estimate of drug-likeness (QED) is 0.614. The van der Waals surface area contributed by atoms with Gasteiger partial charge in [-0.25, -0.2) is 4.39 Å². The molecule has 1 nitrogen and oxygen atoms in total. The number of hydrogen-bond acceptors (Lipinski definition) is 1. The van der Waals surface area contributed by atoms with Crippen LogP contribution in [-0.2, 0) is 0 Å². The van der Waals surface area contributed by atoms with Gasteiger partial charge in [-0.05, 0) is 43.0 Å². The number of fused-ring (bicyclic) bond motifs is 1. The number of hydrogen-bond donors (Lipinski definition) is 0. The van der Waals surface area contributed by atoms with Crippen LogP contribution in [0.3, 0.4) is 0 Å². The Morgan fingerprint density at radius 2 is 1.57 bits per heavy atom. The minimum Gasteiger partial charge on any atom is -0.289 e. The number of carbonyl (C=O) groups excluding carboxylic acids is 1. The van der Waals surface area contributed by atoms with E-state index >= 15 is 0 Å². The Kier molecular flexibility index (Phi) is 3.30. The van der Waals surface area contributed by atoms with Gasteiger partial charge < -0.3 is 0 Å². The van der Waals surface area contributed by atoms with E-state index in [1.54, 1.807) is 24.3 Å². The van der Waals surface area contributed by atoms with Gasteiger partial charge in [-0.1, -0.05) is 42.0 Å². The Labute approximate surface area is 123 Å². The average molecular weight is 278 g/mol. The summed E-state index contributed by atoms with van der Waals surface area (Å²) in [6.07, 6.45) is 0. The summed E-state index contributed by atoms with van der Waals surface area (Å²) in [5.74, 6) is -0.365. The van der Waals surface area contributed by atoms with Crippen molar-refractivity contribution in [2.75, 3.05) is 0 Å². The van der Waals surface area contributed by atoms with Gasteiger partial charge in [0.05, 0.1) is 0 Å². The fraction of sp³-hybridized carbons (Fsp3) is 0.105. The molecule has 0 heterocycles. The standard InChI is InChI=1S/C19H15FO/c1-12-7-8-13(2)17(11-12)19(21)16-9-10-18(20)15-6-4-3-5-14(15)16/h3-11H,1-2H3. The molecule has 3 rings (SSSR count). The molecule has 2 heteroatoms. The van der Waals surface area contributed by atoms with Crippen LogP contribution in [0.2, 0.25) is 0 Å². The van der Waals surface area contributed by atoms with Crippen molar-refractivity contribution in [3.63, 3.8) is 0 Å². The molecule has 0 amide bonds. The van der Waals surface area contributed by atoms with Crippen LogP contribution in [0.25, 0.3) is 10.8 Å². The summed E-state index contributed by atoms with van der Waals surface area (Å²) in [7, 11) is 0. The summed E-state index contributed by atoms with van der Waals surface area (Å²) in [5, 5.41) is 1.14. The van der Waals surface area contributed by atoms with E-state index in [0.29, 0.717) is 21.9 Å². The summed E-state index contributed by atoms with van der Waals surface area (Å²) < 4.78 is 13.9. The first-order valence-corrected chi connectivity index (χ1v) is 6.87. The second-order valence-corrected chi connectivity index (χ2v) is 5.29. The van der Waals surface area contributed by atoms with E-state index < -0.39 is 0 Å². The molecule has 0 spiro atoms. The molecule has 0 bridgehead atoms. The SMILES string of the molecule is Cc1ccc(C)c(C(=O)c2ccc(F)c3ccccc23)c1. The molecule has 0 fully saturated rings. The highest BCUT2D eigenvalue weighted by Crippen LogP contribution is 2.25. The van der Waals surface area contributed by atoms with E-state index in [0.717, 1.165) is 11.1 Å². The molecule has 0 aromatic heterocycles. The van der Waals surface area contributed by atoms with Crippen LogP contribution in [-0.4, -0.2) is 5.78 Å². The molecular formula is C19H15FO. The molecule has 104 valence electrons. The summed E-state index contributed by atoms with van der Waals surface area (Å²) in [4.78, 5) is 12.8. The largest absolute Gasteiger partial charge is 0.289 e. The molecule has 0 aliphatic rings. The smallest absolute Gasteiger partial charge is 0.193 e. The molecule has 0 atom stereocenters. The van der Waals surface area contributed by atoms with Gasteiger partial charge in [0, 0.05) is 16.5 Å². The summed E-state index contributed by atoms with van der Waals surface area (Å²) in [5.41, 5.74) is 3.18. The summed E-state index contributed by atoms with van der Waals surface area (Å²) >= 11 is 0. The molecule has 0 saturated heterocycles. The molecule has 21 heavy (non-hydrogen) atoms. The van der Waals surface area contributed by atoms with Gasteiger partial charge in [-0.15, -0.1) is 0 Å². The average Bonchev–Trinajstić information content (AvgIpc) is 2.50. The second kappa shape index (κ2) is 5.13. The topological polar surface area (TPSA) is 17.1 Å². The van der Waals surface area contributed by atoms with Gasteiger partial charge in [0.2, 0.25) is 0 Å². The Hall–Kier alpha value is -2.48. The molecule has 0 aliphatic heterocycles. The van der Waals surface area contributed by atoms with Crippen LogP contribution in [0.5, 0.6) is 0 Å². The number of ketones is 1. The predicted octanol–water partition coefficient (Wildman–Crippen LogP) is 4.83. The number of carbonyl (C=O) groups is 1. The lowest BCUT2D eigenvalue weighted by atomic mass is 9.93. The van der Waals surface area contributed by atoms with Gasteiger partial charge in [-0.3, -0.25) is 4.79 Å². The monoisotopic (exact) mass is 278 g/mol. The lowest BCUT2D eigenvalue weighted by Crippen LogP contribution is -2.05. The Morgan fingerprint density at radius 1 is 0.857 bits per heavy atom. The third kappa shape index (κ3) is 2.33. The molecule has 3 aromatic rings. The van der Waals surface area contributed by atoms with Gasteiger partial charge in [0.25, 0.3) is 0 Å². The van der Waals surface area contributed by atoms with Crippen molar-refractivity contribution in [2.24, 2.45) is 0 Å². The van der Waals surface area contributed by atoms with Crippen LogP contribution in [0.1, 0.15) is 27.0 Å². The number of aryl methyl sites for hydroxylation is 2. The number of benzene rings is 3. The van der Waals surface area contributed by atoms with Crippen molar-refractivity contribution in [2.45, 2.75) is 13.8 Å². The maximum atomic E-state index is 13.9. The Morgan fingerprint density at radius 3 is 2.33 bits per heavy atom. The van der Waals surface area contributed by atoms with Crippen molar-refractivity contribution in [1.29, 1.82) is 0 Å². The highest BCUT2D eigenvalue weighted by atomic mass is 19.1. The molecule has 0 saturated carbocycles. The number of rotatable bonds is 2. The summed E-state index contributed by atoms with van der Waals surface area (Å²) in [6.45, 7) is 3.87. The van der Waals surface area contributed by atoms with E-state index in [9.17, 15) is 9.18 Å². The normalized spacial score (nSPS) is 10.8. The lowest BCUT2D eigenvalue weighted by Gasteiger charge is -2.09. The van der Waals surface area contributed by atoms with Crippen LogP contribution < -0.4 is 0 Å². The maximum absolute atomic E-state index is 13.9. The van der Waals surface area contributed by atoms with Crippen LogP contribution >= 0.6 is 0 Å². The third-order valence-electron chi connectivity index (χ3n) is 3.75. The van der Waals surface area contributed by atoms with Crippen molar-refractivity contribution < 1.29 is 9.18 Å². The van der Waals surface area contributed by atoms with Crippen LogP contribution in [0.15, 0.2) is 54.6 Å². The van der Waals surface area contributed by atoms with E-state index in [4.69, 9.17) is 0 Å². The summed E-state index contributed by atoms with van der Waals surface area (Å²) in [6, 6.07) is 15.8. The highest BCUT2D eigenvalue weighted by Gasteiger charge is 2.16. The second-order valence-electron chi connectivity index (χ2n) is 5.29. The fourth-order valence-electron chi connectivity index (χ4n) is 2.59. The Bertz CT molecular complexity index is 849. The highest BCUT2D eigenvalue weighted by molar-refractivity contribution is 6.17. The first kappa shape index (κ1) is 13.5. The van der Waals surface area contributed by atoms with Gasteiger partial charge in [0.15, 0.2) is 5.78 Å². The third-order valence-corrected chi connectivity index (χ3v) is 3.75. The van der Waals surface area contributed by atoms with E-state index in [1.807, 2.05) is 38.1 Å². The zero-order valence-corrected chi connectivity index (χ0v) is 12.0. The molecule has 0 radical (unpaired) electrons. The minimum absolute atomic E-state index is 0.0626.